The van der Waals surface area contributed by atoms with Gasteiger partial charge >= 0.3 is 12.0 Å². The molecular weight excluding hydrogens is 277 g/mol. The number of anilines is 1. The number of carbonyl (C=O) groups excluding carboxylic acids is 1. The molecule has 1 rings (SSSR count). The molecule has 0 saturated carbocycles. The summed E-state index contributed by atoms with van der Waals surface area (Å²) in [5, 5.41) is 22.8. The van der Waals surface area contributed by atoms with Gasteiger partial charge in [0, 0.05) is 0 Å². The van der Waals surface area contributed by atoms with Crippen LogP contribution in [0.3, 0.4) is 0 Å². The number of halogens is 1. The Hall–Kier alpha value is -2.62. The lowest BCUT2D eigenvalue weighted by atomic mass is 9.93. The summed E-state index contributed by atoms with van der Waals surface area (Å²) in [7, 11) is 0. The van der Waals surface area contributed by atoms with Gasteiger partial charge in [0.25, 0.3) is 0 Å². The van der Waals surface area contributed by atoms with Crippen LogP contribution in [0.2, 0.25) is 0 Å². The Morgan fingerprint density at radius 3 is 2.48 bits per heavy atom. The molecule has 0 aliphatic heterocycles. The third-order valence-electron chi connectivity index (χ3n) is 3.34. The van der Waals surface area contributed by atoms with Crippen LogP contribution in [0.5, 0.6) is 0 Å². The molecular formula is C14H16FN3O3. The lowest BCUT2D eigenvalue weighted by Gasteiger charge is -2.28. The Labute approximate surface area is 121 Å². The number of benzene rings is 1. The van der Waals surface area contributed by atoms with Crippen molar-refractivity contribution >= 4 is 17.7 Å². The molecule has 0 fully saturated rings. The van der Waals surface area contributed by atoms with Crippen LogP contribution in [-0.2, 0) is 4.79 Å². The fraction of sp³-hybridized carbons (Fsp3) is 0.357. The number of carbonyl (C=O) groups is 2. The number of amides is 2. The molecule has 3 N–H and O–H groups in total. The number of aliphatic carboxylic acids is 1. The van der Waals surface area contributed by atoms with Crippen molar-refractivity contribution in [3.63, 3.8) is 0 Å². The Kier molecular flexibility index (Phi) is 5.24. The van der Waals surface area contributed by atoms with Crippen LogP contribution < -0.4 is 10.6 Å². The lowest BCUT2D eigenvalue weighted by Crippen LogP contribution is -2.55. The van der Waals surface area contributed by atoms with Crippen molar-refractivity contribution in [2.24, 2.45) is 0 Å². The summed E-state index contributed by atoms with van der Waals surface area (Å²) in [5.41, 5.74) is -1.72. The van der Waals surface area contributed by atoms with Crippen molar-refractivity contribution in [1.82, 2.24) is 5.32 Å². The van der Waals surface area contributed by atoms with Gasteiger partial charge < -0.3 is 15.7 Å². The minimum Gasteiger partial charge on any atom is -0.480 e. The Morgan fingerprint density at radius 2 is 2.00 bits per heavy atom. The molecule has 21 heavy (non-hydrogen) atoms. The van der Waals surface area contributed by atoms with Gasteiger partial charge in [-0.1, -0.05) is 19.9 Å². The first kappa shape index (κ1) is 16.4. The first-order chi connectivity index (χ1) is 9.90. The maximum atomic E-state index is 13.4. The van der Waals surface area contributed by atoms with E-state index in [0.29, 0.717) is 0 Å². The average Bonchev–Trinajstić information content (AvgIpc) is 2.44. The van der Waals surface area contributed by atoms with Gasteiger partial charge in [-0.2, -0.15) is 5.26 Å². The molecule has 7 heteroatoms. The second-order valence-electron chi connectivity index (χ2n) is 4.45. The zero-order valence-electron chi connectivity index (χ0n) is 11.7. The Morgan fingerprint density at radius 1 is 1.38 bits per heavy atom. The number of urea groups is 1. The second kappa shape index (κ2) is 6.70. The number of nitrogens with one attached hydrogen (secondary N) is 2. The molecule has 0 saturated heterocycles. The number of hydrogen-bond acceptors (Lipinski definition) is 3. The molecule has 0 aliphatic rings. The normalized spacial score (nSPS) is 10.6. The Balaban J connectivity index is 2.95. The van der Waals surface area contributed by atoms with Crippen molar-refractivity contribution in [3.05, 3.63) is 29.6 Å². The van der Waals surface area contributed by atoms with Crippen LogP contribution in [0.25, 0.3) is 0 Å². The van der Waals surface area contributed by atoms with Gasteiger partial charge in [0.1, 0.15) is 23.0 Å². The quantitative estimate of drug-likeness (QED) is 0.776. The molecule has 1 aromatic carbocycles. The molecule has 0 radical (unpaired) electrons. The van der Waals surface area contributed by atoms with Crippen molar-refractivity contribution in [2.45, 2.75) is 32.2 Å². The highest BCUT2D eigenvalue weighted by Crippen LogP contribution is 2.19. The monoisotopic (exact) mass is 293 g/mol. The number of carboxylic acids is 1. The van der Waals surface area contributed by atoms with E-state index in [2.05, 4.69) is 10.6 Å². The van der Waals surface area contributed by atoms with Gasteiger partial charge in [-0.25, -0.2) is 14.0 Å². The van der Waals surface area contributed by atoms with E-state index in [-0.39, 0.29) is 24.1 Å². The van der Waals surface area contributed by atoms with E-state index in [4.69, 9.17) is 5.26 Å². The van der Waals surface area contributed by atoms with E-state index in [1.807, 2.05) is 0 Å². The predicted octanol–water partition coefficient (Wildman–Crippen LogP) is 2.46. The highest BCUT2D eigenvalue weighted by Gasteiger charge is 2.36. The van der Waals surface area contributed by atoms with E-state index in [1.54, 1.807) is 19.9 Å². The topological polar surface area (TPSA) is 102 Å². The number of hydrogen-bond donors (Lipinski definition) is 3. The number of nitrogens with zero attached hydrogens (tertiary/aromatic N) is 1. The number of carboxylic acid groups (broad SMARTS) is 1. The van der Waals surface area contributed by atoms with Crippen molar-refractivity contribution < 1.29 is 19.1 Å². The summed E-state index contributed by atoms with van der Waals surface area (Å²) >= 11 is 0. The standard InChI is InChI=1S/C14H16FN3O3/c1-3-14(4-2,12(19)20)18-13(21)17-11-7-5-6-10(15)9(11)8-16/h5-7H,3-4H2,1-2H3,(H,19,20)(H2,17,18,21). The van der Waals surface area contributed by atoms with Crippen LogP contribution in [0, 0.1) is 17.1 Å². The predicted molar refractivity (Wildman–Crippen MR) is 74.2 cm³/mol. The summed E-state index contributed by atoms with van der Waals surface area (Å²) in [4.78, 5) is 23.2. The SMILES string of the molecule is CCC(CC)(NC(=O)Nc1cccc(F)c1C#N)C(=O)O. The van der Waals surface area contributed by atoms with Crippen LogP contribution in [0.4, 0.5) is 14.9 Å². The molecule has 6 nitrogen and oxygen atoms in total. The molecule has 0 atom stereocenters. The Bertz CT molecular complexity index is 592. The van der Waals surface area contributed by atoms with Crippen molar-refractivity contribution in [1.29, 1.82) is 5.26 Å². The van der Waals surface area contributed by atoms with Crippen LogP contribution in [-0.4, -0.2) is 22.6 Å². The molecule has 0 spiro atoms. The zero-order chi connectivity index (χ0) is 16.0. The zero-order valence-corrected chi connectivity index (χ0v) is 11.7. The van der Waals surface area contributed by atoms with Crippen LogP contribution in [0.15, 0.2) is 18.2 Å². The van der Waals surface area contributed by atoms with Crippen LogP contribution >= 0.6 is 0 Å². The van der Waals surface area contributed by atoms with Gasteiger partial charge in [0.2, 0.25) is 0 Å². The van der Waals surface area contributed by atoms with Crippen molar-refractivity contribution in [2.75, 3.05) is 5.32 Å². The molecule has 0 bridgehead atoms. The summed E-state index contributed by atoms with van der Waals surface area (Å²) in [6, 6.07) is 4.65. The smallest absolute Gasteiger partial charge is 0.329 e. The number of rotatable bonds is 5. The minimum absolute atomic E-state index is 0.0125. The molecule has 0 unspecified atom stereocenters. The van der Waals surface area contributed by atoms with E-state index in [0.717, 1.165) is 6.07 Å². The fourth-order valence-electron chi connectivity index (χ4n) is 1.90. The fourth-order valence-corrected chi connectivity index (χ4v) is 1.90. The summed E-state index contributed by atoms with van der Waals surface area (Å²) in [6.45, 7) is 3.28. The van der Waals surface area contributed by atoms with Gasteiger partial charge in [-0.15, -0.1) is 0 Å². The first-order valence-electron chi connectivity index (χ1n) is 6.41. The van der Waals surface area contributed by atoms with E-state index >= 15 is 0 Å². The summed E-state index contributed by atoms with van der Waals surface area (Å²) < 4.78 is 13.4. The molecule has 0 aromatic heterocycles. The third-order valence-corrected chi connectivity index (χ3v) is 3.34. The van der Waals surface area contributed by atoms with Gasteiger partial charge in [-0.05, 0) is 25.0 Å². The molecule has 0 heterocycles. The molecule has 0 aliphatic carbocycles. The van der Waals surface area contributed by atoms with Gasteiger partial charge in [-0.3, -0.25) is 0 Å². The molecule has 112 valence electrons. The molecule has 1 aromatic rings. The number of nitriles is 1. The summed E-state index contributed by atoms with van der Waals surface area (Å²) in [6.07, 6.45) is 0.390. The highest BCUT2D eigenvalue weighted by atomic mass is 19.1. The highest BCUT2D eigenvalue weighted by molar-refractivity contribution is 5.94. The van der Waals surface area contributed by atoms with E-state index in [1.165, 1.54) is 12.1 Å². The van der Waals surface area contributed by atoms with Crippen molar-refractivity contribution in [3.8, 4) is 6.07 Å². The third kappa shape index (κ3) is 3.48. The van der Waals surface area contributed by atoms with Crippen LogP contribution in [0.1, 0.15) is 32.3 Å². The maximum Gasteiger partial charge on any atom is 0.329 e. The maximum absolute atomic E-state index is 13.4. The molecule has 2 amide bonds. The first-order valence-corrected chi connectivity index (χ1v) is 6.41. The minimum atomic E-state index is -1.40. The van der Waals surface area contributed by atoms with Gasteiger partial charge in [0.15, 0.2) is 0 Å². The second-order valence-corrected chi connectivity index (χ2v) is 4.45. The van der Waals surface area contributed by atoms with E-state index < -0.39 is 23.4 Å². The lowest BCUT2D eigenvalue weighted by molar-refractivity contribution is -0.144. The van der Waals surface area contributed by atoms with E-state index in [9.17, 15) is 19.1 Å². The van der Waals surface area contributed by atoms with Gasteiger partial charge in [0.05, 0.1) is 5.69 Å². The largest absolute Gasteiger partial charge is 0.480 e. The average molecular weight is 293 g/mol. The summed E-state index contributed by atoms with van der Waals surface area (Å²) in [5.74, 6) is -1.91.